The van der Waals surface area contributed by atoms with Crippen LogP contribution >= 0.6 is 0 Å². The van der Waals surface area contributed by atoms with Gasteiger partial charge < -0.3 is 19.1 Å². The van der Waals surface area contributed by atoms with Crippen LogP contribution in [0.25, 0.3) is 0 Å². The van der Waals surface area contributed by atoms with Gasteiger partial charge in [-0.15, -0.1) is 0 Å². The van der Waals surface area contributed by atoms with E-state index in [1.165, 1.54) is 6.92 Å². The van der Waals surface area contributed by atoms with Crippen molar-refractivity contribution in [2.75, 3.05) is 39.4 Å². The molecule has 0 bridgehead atoms. The molecule has 0 aliphatic carbocycles. The van der Waals surface area contributed by atoms with Gasteiger partial charge in [-0.05, 0) is 19.4 Å². The Kier molecular flexibility index (Phi) is 4.45. The van der Waals surface area contributed by atoms with Crippen LogP contribution in [0.1, 0.15) is 24.5 Å². The second-order valence-corrected chi connectivity index (χ2v) is 7.07. The summed E-state index contributed by atoms with van der Waals surface area (Å²) in [6.07, 6.45) is 0.743. The van der Waals surface area contributed by atoms with Gasteiger partial charge in [0.15, 0.2) is 11.7 Å². The highest BCUT2D eigenvalue weighted by Crippen LogP contribution is 2.28. The summed E-state index contributed by atoms with van der Waals surface area (Å²) in [6, 6.07) is 7.37. The average molecular weight is 320 g/mol. The van der Waals surface area contributed by atoms with Crippen molar-refractivity contribution < 1.29 is 23.9 Å². The van der Waals surface area contributed by atoms with E-state index in [2.05, 4.69) is 0 Å². The fourth-order valence-electron chi connectivity index (χ4n) is 3.60. The monoisotopic (exact) mass is 320 g/mol. The summed E-state index contributed by atoms with van der Waals surface area (Å²) in [5, 5.41) is 10.6. The van der Waals surface area contributed by atoms with E-state index in [0.717, 1.165) is 55.9 Å². The molecule has 2 unspecified atom stereocenters. The number of quaternary nitrogens is 1. The summed E-state index contributed by atoms with van der Waals surface area (Å²) in [7, 11) is 0. The number of carbonyl (C=O) groups is 1. The molecule has 0 amide bonds. The maximum Gasteiger partial charge on any atom is 0.343 e. The molecule has 1 N–H and O–H groups in total. The lowest BCUT2D eigenvalue weighted by Crippen LogP contribution is -2.54. The van der Waals surface area contributed by atoms with Crippen LogP contribution < -0.4 is 0 Å². The van der Waals surface area contributed by atoms with Crippen LogP contribution in [0.15, 0.2) is 24.3 Å². The van der Waals surface area contributed by atoms with Crippen LogP contribution in [0.3, 0.4) is 0 Å². The molecule has 1 aromatic rings. The minimum absolute atomic E-state index is 0.114. The normalized spacial score (nSPS) is 26.0. The zero-order valence-electron chi connectivity index (χ0n) is 14.0. The zero-order chi connectivity index (χ0) is 16.5. The molecule has 3 rings (SSSR count). The molecule has 126 valence electrons. The molecule has 1 aromatic carbocycles. The summed E-state index contributed by atoms with van der Waals surface area (Å²) in [6.45, 7) is 8.84. The first-order chi connectivity index (χ1) is 10.9. The summed E-state index contributed by atoms with van der Waals surface area (Å²) in [4.78, 5) is 12.5. The first-order valence-corrected chi connectivity index (χ1v) is 8.35. The SMILES string of the molecule is Cc1cccc(C(C)(O)C(=O)OC2CC[N+]3(CCOCC3)C2)c1. The Morgan fingerprint density at radius 1 is 1.35 bits per heavy atom. The summed E-state index contributed by atoms with van der Waals surface area (Å²) in [5.41, 5.74) is -0.0187. The van der Waals surface area contributed by atoms with E-state index < -0.39 is 11.6 Å². The number of aliphatic hydroxyl groups is 1. The smallest absolute Gasteiger partial charge is 0.343 e. The number of ether oxygens (including phenoxy) is 2. The van der Waals surface area contributed by atoms with Gasteiger partial charge in [-0.1, -0.05) is 29.8 Å². The van der Waals surface area contributed by atoms with Gasteiger partial charge in [0.25, 0.3) is 0 Å². The van der Waals surface area contributed by atoms with Crippen LogP contribution in [0.2, 0.25) is 0 Å². The molecular weight excluding hydrogens is 294 g/mol. The van der Waals surface area contributed by atoms with Crippen LogP contribution in [-0.4, -0.2) is 61.1 Å². The van der Waals surface area contributed by atoms with E-state index in [4.69, 9.17) is 9.47 Å². The first-order valence-electron chi connectivity index (χ1n) is 8.35. The highest BCUT2D eigenvalue weighted by Gasteiger charge is 2.43. The Labute approximate surface area is 137 Å². The van der Waals surface area contributed by atoms with Crippen molar-refractivity contribution in [2.24, 2.45) is 0 Å². The number of morpholine rings is 1. The standard InChI is InChI=1S/C18H26NO4/c1-14-4-3-5-15(12-14)18(2,21)17(20)23-16-6-7-19(13-16)8-10-22-11-9-19/h3-5,12,16,21H,6-11,13H2,1-2H3/q+1. The third kappa shape index (κ3) is 3.42. The van der Waals surface area contributed by atoms with E-state index >= 15 is 0 Å². The van der Waals surface area contributed by atoms with Crippen molar-refractivity contribution in [3.63, 3.8) is 0 Å². The largest absolute Gasteiger partial charge is 0.454 e. The van der Waals surface area contributed by atoms with Crippen LogP contribution in [0.4, 0.5) is 0 Å². The van der Waals surface area contributed by atoms with Crippen molar-refractivity contribution in [3.05, 3.63) is 35.4 Å². The predicted molar refractivity (Wildman–Crippen MR) is 85.8 cm³/mol. The molecule has 0 radical (unpaired) electrons. The van der Waals surface area contributed by atoms with E-state index in [0.29, 0.717) is 5.56 Å². The number of rotatable bonds is 3. The first kappa shape index (κ1) is 16.4. The number of benzene rings is 1. The Morgan fingerprint density at radius 2 is 2.09 bits per heavy atom. The Bertz CT molecular complexity index is 578. The van der Waals surface area contributed by atoms with Gasteiger partial charge in [0.2, 0.25) is 0 Å². The number of hydrogen-bond acceptors (Lipinski definition) is 4. The number of carbonyl (C=O) groups excluding carboxylic acids is 1. The maximum atomic E-state index is 12.5. The minimum Gasteiger partial charge on any atom is -0.454 e. The molecule has 2 aliphatic heterocycles. The molecule has 2 saturated heterocycles. The average Bonchev–Trinajstić information content (AvgIpc) is 2.90. The van der Waals surface area contributed by atoms with Crippen LogP contribution in [-0.2, 0) is 19.9 Å². The molecule has 2 aliphatic rings. The Balaban J connectivity index is 1.65. The van der Waals surface area contributed by atoms with E-state index in [1.807, 2.05) is 25.1 Å². The number of nitrogens with zero attached hydrogens (tertiary/aromatic N) is 1. The highest BCUT2D eigenvalue weighted by molar-refractivity contribution is 5.80. The Hall–Kier alpha value is -1.43. The molecule has 2 atom stereocenters. The molecule has 2 fully saturated rings. The predicted octanol–water partition coefficient (Wildman–Crippen LogP) is 1.37. The van der Waals surface area contributed by atoms with Gasteiger partial charge in [-0.25, -0.2) is 4.79 Å². The maximum absolute atomic E-state index is 12.5. The van der Waals surface area contributed by atoms with E-state index in [1.54, 1.807) is 6.07 Å². The van der Waals surface area contributed by atoms with Crippen LogP contribution in [0.5, 0.6) is 0 Å². The molecule has 0 saturated carbocycles. The second kappa shape index (κ2) is 6.23. The van der Waals surface area contributed by atoms with Gasteiger partial charge in [-0.2, -0.15) is 0 Å². The quantitative estimate of drug-likeness (QED) is 0.675. The molecule has 0 aromatic heterocycles. The molecule has 1 spiro atoms. The second-order valence-electron chi connectivity index (χ2n) is 7.07. The third-order valence-electron chi connectivity index (χ3n) is 5.19. The topological polar surface area (TPSA) is 55.8 Å². The lowest BCUT2D eigenvalue weighted by atomic mass is 9.95. The number of aryl methyl sites for hydroxylation is 1. The molecule has 23 heavy (non-hydrogen) atoms. The zero-order valence-corrected chi connectivity index (χ0v) is 14.0. The summed E-state index contributed by atoms with van der Waals surface area (Å²) in [5.74, 6) is -0.554. The van der Waals surface area contributed by atoms with Gasteiger partial charge in [-0.3, -0.25) is 0 Å². The van der Waals surface area contributed by atoms with Crippen molar-refractivity contribution >= 4 is 5.97 Å². The van der Waals surface area contributed by atoms with Crippen molar-refractivity contribution in [1.29, 1.82) is 0 Å². The number of esters is 1. The van der Waals surface area contributed by atoms with Crippen molar-refractivity contribution in [1.82, 2.24) is 0 Å². The highest BCUT2D eigenvalue weighted by atomic mass is 16.6. The molecule has 5 heteroatoms. The van der Waals surface area contributed by atoms with E-state index in [-0.39, 0.29) is 6.10 Å². The fourth-order valence-corrected chi connectivity index (χ4v) is 3.60. The van der Waals surface area contributed by atoms with Gasteiger partial charge in [0.1, 0.15) is 19.6 Å². The molecular formula is C18H26NO4+. The lowest BCUT2D eigenvalue weighted by molar-refractivity contribution is -0.925. The van der Waals surface area contributed by atoms with Crippen molar-refractivity contribution in [2.45, 2.75) is 32.0 Å². The molecule has 2 heterocycles. The summed E-state index contributed by atoms with van der Waals surface area (Å²) >= 11 is 0. The van der Waals surface area contributed by atoms with Crippen LogP contribution in [0, 0.1) is 6.92 Å². The summed E-state index contributed by atoms with van der Waals surface area (Å²) < 4.78 is 12.1. The van der Waals surface area contributed by atoms with Gasteiger partial charge in [0.05, 0.1) is 19.8 Å². The minimum atomic E-state index is -1.61. The fraction of sp³-hybridized carbons (Fsp3) is 0.611. The van der Waals surface area contributed by atoms with Gasteiger partial charge >= 0.3 is 5.97 Å². The van der Waals surface area contributed by atoms with E-state index in [9.17, 15) is 9.90 Å². The third-order valence-corrected chi connectivity index (χ3v) is 5.19. The van der Waals surface area contributed by atoms with Crippen molar-refractivity contribution in [3.8, 4) is 0 Å². The lowest BCUT2D eigenvalue weighted by Gasteiger charge is -2.37. The number of hydrogen-bond donors (Lipinski definition) is 1. The van der Waals surface area contributed by atoms with Gasteiger partial charge in [0, 0.05) is 6.42 Å². The Morgan fingerprint density at radius 3 is 2.78 bits per heavy atom. The molecule has 5 nitrogen and oxygen atoms in total.